The normalized spacial score (nSPS) is 12.8. The Kier molecular flexibility index (Phi) is 7.19. The molecule has 1 atom stereocenters. The zero-order valence-corrected chi connectivity index (χ0v) is 11.8. The Hall–Kier alpha value is -1.28. The van der Waals surface area contributed by atoms with E-state index in [9.17, 15) is 0 Å². The van der Waals surface area contributed by atoms with Crippen molar-refractivity contribution in [3.8, 4) is 5.75 Å². The molecule has 1 unspecified atom stereocenters. The Labute approximate surface area is 111 Å². The molecule has 1 rings (SSSR count). The van der Waals surface area contributed by atoms with Crippen LogP contribution in [0.2, 0.25) is 0 Å². The zero-order chi connectivity index (χ0) is 13.2. The highest BCUT2D eigenvalue weighted by atomic mass is 16.5. The molecule has 0 spiro atoms. The van der Waals surface area contributed by atoms with Gasteiger partial charge >= 0.3 is 0 Å². The molecule has 2 nitrogen and oxygen atoms in total. The Balaban J connectivity index is 2.45. The molecule has 0 bridgehead atoms. The highest BCUT2D eigenvalue weighted by Gasteiger charge is 2.05. The van der Waals surface area contributed by atoms with Crippen LogP contribution in [0.4, 0.5) is 0 Å². The molecule has 0 fully saturated rings. The summed E-state index contributed by atoms with van der Waals surface area (Å²) >= 11 is 0. The van der Waals surface area contributed by atoms with Gasteiger partial charge in [0.05, 0.1) is 0 Å². The molecule has 0 aromatic heterocycles. The first-order chi connectivity index (χ1) is 8.77. The number of rotatable bonds is 8. The van der Waals surface area contributed by atoms with Gasteiger partial charge in [-0.3, -0.25) is 0 Å². The summed E-state index contributed by atoms with van der Waals surface area (Å²) in [5.41, 5.74) is 1.14. The van der Waals surface area contributed by atoms with Crippen molar-refractivity contribution in [2.45, 2.75) is 39.7 Å². The summed E-state index contributed by atoms with van der Waals surface area (Å²) in [6.07, 6.45) is 6.75. The van der Waals surface area contributed by atoms with Crippen molar-refractivity contribution in [2.75, 3.05) is 13.1 Å². The monoisotopic (exact) mass is 247 g/mol. The van der Waals surface area contributed by atoms with Gasteiger partial charge in [-0.15, -0.1) is 0 Å². The number of para-hydroxylation sites is 1. The minimum absolute atomic E-state index is 0.188. The maximum absolute atomic E-state index is 5.96. The summed E-state index contributed by atoms with van der Waals surface area (Å²) in [5, 5.41) is 3.41. The van der Waals surface area contributed by atoms with Crippen molar-refractivity contribution < 1.29 is 4.74 Å². The Morgan fingerprint density at radius 1 is 1.33 bits per heavy atom. The number of nitrogens with one attached hydrogen (secondary N) is 1. The van der Waals surface area contributed by atoms with Gasteiger partial charge in [0.25, 0.3) is 0 Å². The first-order valence-electron chi connectivity index (χ1n) is 6.87. The summed E-state index contributed by atoms with van der Waals surface area (Å²) in [4.78, 5) is 0. The lowest BCUT2D eigenvalue weighted by atomic mass is 10.2. The van der Waals surface area contributed by atoms with Crippen molar-refractivity contribution in [3.63, 3.8) is 0 Å². The van der Waals surface area contributed by atoms with E-state index in [0.717, 1.165) is 24.4 Å². The second-order valence-corrected chi connectivity index (χ2v) is 4.52. The molecule has 0 aliphatic heterocycles. The summed E-state index contributed by atoms with van der Waals surface area (Å²) < 4.78 is 5.96. The lowest BCUT2D eigenvalue weighted by Crippen LogP contribution is -2.29. The summed E-state index contributed by atoms with van der Waals surface area (Å²) in [5.74, 6) is 0.959. The smallest absolute Gasteiger partial charge is 0.126 e. The third kappa shape index (κ3) is 5.37. The fourth-order valence-electron chi connectivity index (χ4n) is 1.77. The first-order valence-corrected chi connectivity index (χ1v) is 6.87. The van der Waals surface area contributed by atoms with E-state index in [0.29, 0.717) is 0 Å². The molecule has 0 aliphatic carbocycles. The molecule has 1 aromatic rings. The lowest BCUT2D eigenvalue weighted by molar-refractivity contribution is 0.217. The van der Waals surface area contributed by atoms with Crippen molar-refractivity contribution >= 4 is 6.08 Å². The molecule has 1 N–H and O–H groups in total. The van der Waals surface area contributed by atoms with Gasteiger partial charge in [-0.25, -0.2) is 0 Å². The van der Waals surface area contributed by atoms with Crippen molar-refractivity contribution in [1.82, 2.24) is 5.32 Å². The van der Waals surface area contributed by atoms with Crippen molar-refractivity contribution in [1.29, 1.82) is 0 Å². The predicted molar refractivity (Wildman–Crippen MR) is 79.0 cm³/mol. The van der Waals surface area contributed by atoms with Gasteiger partial charge in [-0.1, -0.05) is 43.7 Å². The quantitative estimate of drug-likeness (QED) is 0.704. The molecular weight excluding hydrogens is 222 g/mol. The molecule has 1 aromatic carbocycles. The van der Waals surface area contributed by atoms with Crippen LogP contribution in [0.5, 0.6) is 5.75 Å². The summed E-state index contributed by atoms with van der Waals surface area (Å²) in [6.45, 7) is 8.29. The molecule has 0 amide bonds. The summed E-state index contributed by atoms with van der Waals surface area (Å²) in [6, 6.07) is 8.15. The van der Waals surface area contributed by atoms with E-state index in [2.05, 4.69) is 31.3 Å². The fourth-order valence-corrected chi connectivity index (χ4v) is 1.77. The lowest BCUT2D eigenvalue weighted by Gasteiger charge is -2.17. The minimum atomic E-state index is 0.188. The average Bonchev–Trinajstić information content (AvgIpc) is 2.37. The molecule has 0 saturated heterocycles. The highest BCUT2D eigenvalue weighted by Crippen LogP contribution is 2.20. The standard InChI is InChI=1S/C16H25NO/c1-4-6-12-17-13-14(3)18-16-11-8-7-10-15(16)9-5-2/h5,7-11,14,17H,4,6,12-13H2,1-3H3. The van der Waals surface area contributed by atoms with Crippen LogP contribution in [0.1, 0.15) is 39.2 Å². The van der Waals surface area contributed by atoms with Gasteiger partial charge in [-0.2, -0.15) is 0 Å². The topological polar surface area (TPSA) is 21.3 Å². The number of unbranched alkanes of at least 4 members (excludes halogenated alkanes) is 1. The van der Waals surface area contributed by atoms with Crippen molar-refractivity contribution in [2.24, 2.45) is 0 Å². The van der Waals surface area contributed by atoms with Gasteiger partial charge in [0, 0.05) is 12.1 Å². The van der Waals surface area contributed by atoms with E-state index in [1.807, 2.05) is 31.2 Å². The highest BCUT2D eigenvalue weighted by molar-refractivity contribution is 5.56. The van der Waals surface area contributed by atoms with E-state index >= 15 is 0 Å². The number of allylic oxidation sites excluding steroid dienone is 1. The zero-order valence-electron chi connectivity index (χ0n) is 11.8. The second kappa shape index (κ2) is 8.76. The second-order valence-electron chi connectivity index (χ2n) is 4.52. The molecule has 18 heavy (non-hydrogen) atoms. The Morgan fingerprint density at radius 2 is 2.11 bits per heavy atom. The Bertz CT molecular complexity index is 360. The third-order valence-corrected chi connectivity index (χ3v) is 2.73. The average molecular weight is 247 g/mol. The van der Waals surface area contributed by atoms with Crippen LogP contribution in [0.25, 0.3) is 6.08 Å². The number of ether oxygens (including phenoxy) is 1. The van der Waals surface area contributed by atoms with Gasteiger partial charge < -0.3 is 10.1 Å². The van der Waals surface area contributed by atoms with E-state index < -0.39 is 0 Å². The van der Waals surface area contributed by atoms with Crippen LogP contribution < -0.4 is 10.1 Å². The fraction of sp³-hybridized carbons (Fsp3) is 0.500. The van der Waals surface area contributed by atoms with Gasteiger partial charge in [0.2, 0.25) is 0 Å². The van der Waals surface area contributed by atoms with E-state index in [-0.39, 0.29) is 6.10 Å². The molecular formula is C16H25NO. The van der Waals surface area contributed by atoms with Crippen LogP contribution in [0.15, 0.2) is 30.3 Å². The number of benzene rings is 1. The number of hydrogen-bond acceptors (Lipinski definition) is 2. The number of hydrogen-bond donors (Lipinski definition) is 1. The minimum Gasteiger partial charge on any atom is -0.489 e. The molecule has 0 saturated carbocycles. The van der Waals surface area contributed by atoms with Crippen LogP contribution in [0, 0.1) is 0 Å². The summed E-state index contributed by atoms with van der Waals surface area (Å²) in [7, 11) is 0. The van der Waals surface area contributed by atoms with E-state index in [1.165, 1.54) is 12.8 Å². The third-order valence-electron chi connectivity index (χ3n) is 2.73. The molecule has 0 radical (unpaired) electrons. The van der Waals surface area contributed by atoms with Gasteiger partial charge in [0.15, 0.2) is 0 Å². The molecule has 2 heteroatoms. The maximum Gasteiger partial charge on any atom is 0.126 e. The largest absolute Gasteiger partial charge is 0.489 e. The predicted octanol–water partition coefficient (Wildman–Crippen LogP) is 3.88. The SMILES string of the molecule is CC=Cc1ccccc1OC(C)CNCCCC. The van der Waals surface area contributed by atoms with Crippen LogP contribution >= 0.6 is 0 Å². The Morgan fingerprint density at radius 3 is 2.83 bits per heavy atom. The van der Waals surface area contributed by atoms with Crippen molar-refractivity contribution in [3.05, 3.63) is 35.9 Å². The van der Waals surface area contributed by atoms with Crippen LogP contribution in [-0.2, 0) is 0 Å². The molecule has 100 valence electrons. The maximum atomic E-state index is 5.96. The van der Waals surface area contributed by atoms with E-state index in [1.54, 1.807) is 0 Å². The molecule has 0 aliphatic rings. The van der Waals surface area contributed by atoms with E-state index in [4.69, 9.17) is 4.74 Å². The van der Waals surface area contributed by atoms with Gasteiger partial charge in [0.1, 0.15) is 11.9 Å². The van der Waals surface area contributed by atoms with Crippen LogP contribution in [-0.4, -0.2) is 19.2 Å². The first kappa shape index (κ1) is 14.8. The molecule has 0 heterocycles. The van der Waals surface area contributed by atoms with Gasteiger partial charge in [-0.05, 0) is 32.9 Å². The van der Waals surface area contributed by atoms with Crippen LogP contribution in [0.3, 0.4) is 0 Å².